The van der Waals surface area contributed by atoms with E-state index in [2.05, 4.69) is 10.0 Å². The lowest BCUT2D eigenvalue weighted by Gasteiger charge is -2.28. The van der Waals surface area contributed by atoms with E-state index >= 15 is 0 Å². The number of hydrogen-bond acceptors (Lipinski definition) is 4. The van der Waals surface area contributed by atoms with Crippen LogP contribution in [0.5, 0.6) is 0 Å². The summed E-state index contributed by atoms with van der Waals surface area (Å²) in [6.07, 6.45) is -0.682. The molecule has 9 heteroatoms. The summed E-state index contributed by atoms with van der Waals surface area (Å²) >= 11 is 0. The lowest BCUT2D eigenvalue weighted by Crippen LogP contribution is -2.52. The largest absolute Gasteiger partial charge is 0.390 e. The van der Waals surface area contributed by atoms with Crippen LogP contribution < -0.4 is 10.0 Å². The summed E-state index contributed by atoms with van der Waals surface area (Å²) in [5.41, 5.74) is 0. The lowest BCUT2D eigenvalue weighted by molar-refractivity contribution is 0.113. The van der Waals surface area contributed by atoms with E-state index < -0.39 is 44.5 Å². The Morgan fingerprint density at radius 2 is 1.85 bits per heavy atom. The molecule has 1 aromatic rings. The van der Waals surface area contributed by atoms with Crippen molar-refractivity contribution in [1.29, 1.82) is 0 Å². The van der Waals surface area contributed by atoms with Crippen molar-refractivity contribution >= 4 is 10.0 Å². The van der Waals surface area contributed by atoms with Gasteiger partial charge in [0.2, 0.25) is 10.0 Å². The monoisotopic (exact) mass is 310 g/mol. The van der Waals surface area contributed by atoms with E-state index in [1.807, 2.05) is 0 Å². The van der Waals surface area contributed by atoms with Gasteiger partial charge >= 0.3 is 0 Å². The van der Waals surface area contributed by atoms with Crippen LogP contribution in [0.2, 0.25) is 0 Å². The number of benzene rings is 1. The van der Waals surface area contributed by atoms with Crippen LogP contribution in [0.25, 0.3) is 0 Å². The number of nitrogens with one attached hydrogen (secondary N) is 2. The van der Waals surface area contributed by atoms with Gasteiger partial charge in [0.05, 0.1) is 12.1 Å². The third-order valence-corrected chi connectivity index (χ3v) is 4.53. The second-order valence-corrected chi connectivity index (χ2v) is 6.17. The van der Waals surface area contributed by atoms with Gasteiger partial charge in [-0.3, -0.25) is 0 Å². The predicted octanol–water partition coefficient (Wildman–Crippen LogP) is 0.105. The summed E-state index contributed by atoms with van der Waals surface area (Å²) in [4.78, 5) is -0.984. The van der Waals surface area contributed by atoms with Gasteiger partial charge in [0.15, 0.2) is 11.6 Å². The first kappa shape index (κ1) is 15.2. The fraction of sp³-hybridized carbons (Fsp3) is 0.455. The number of aliphatic hydroxyl groups is 1. The van der Waals surface area contributed by atoms with Crippen molar-refractivity contribution in [3.05, 3.63) is 29.6 Å². The summed E-state index contributed by atoms with van der Waals surface area (Å²) in [6, 6.07) is -0.364. The Morgan fingerprint density at radius 3 is 2.50 bits per heavy atom. The Hall–Kier alpha value is -1.16. The maximum absolute atomic E-state index is 13.5. The molecule has 1 saturated heterocycles. The average molecular weight is 310 g/mol. The molecule has 3 N–H and O–H groups in total. The van der Waals surface area contributed by atoms with E-state index in [0.717, 1.165) is 0 Å². The number of piperidine rings is 1. The van der Waals surface area contributed by atoms with Crippen molar-refractivity contribution in [2.45, 2.75) is 23.5 Å². The van der Waals surface area contributed by atoms with Crippen molar-refractivity contribution in [2.75, 3.05) is 13.1 Å². The van der Waals surface area contributed by atoms with Crippen LogP contribution in [-0.2, 0) is 10.0 Å². The first-order valence-corrected chi connectivity index (χ1v) is 7.35. The summed E-state index contributed by atoms with van der Waals surface area (Å²) < 4.78 is 65.3. The number of rotatable bonds is 3. The van der Waals surface area contributed by atoms with Crippen LogP contribution in [0.1, 0.15) is 6.42 Å². The molecule has 2 atom stereocenters. The molecule has 0 aromatic heterocycles. The maximum Gasteiger partial charge on any atom is 0.243 e. The number of β-amino-alcohol motifs (C(OH)–C–C–N with tert-alkyl or cyclic N) is 1. The Labute approximate surface area is 113 Å². The molecule has 0 aliphatic carbocycles. The number of aliphatic hydroxyl groups excluding tert-OH is 1. The van der Waals surface area contributed by atoms with Crippen molar-refractivity contribution < 1.29 is 26.7 Å². The Kier molecular flexibility index (Phi) is 4.33. The topological polar surface area (TPSA) is 78.4 Å². The minimum absolute atomic E-state index is 0.169. The molecule has 5 nitrogen and oxygen atoms in total. The minimum Gasteiger partial charge on any atom is -0.390 e. The molecule has 0 unspecified atom stereocenters. The highest BCUT2D eigenvalue weighted by molar-refractivity contribution is 7.89. The smallest absolute Gasteiger partial charge is 0.243 e. The van der Waals surface area contributed by atoms with Crippen molar-refractivity contribution in [3.63, 3.8) is 0 Å². The van der Waals surface area contributed by atoms with E-state index in [1.54, 1.807) is 0 Å². The van der Waals surface area contributed by atoms with E-state index in [1.165, 1.54) is 0 Å². The van der Waals surface area contributed by atoms with E-state index in [9.17, 15) is 26.7 Å². The molecule has 1 aromatic carbocycles. The third kappa shape index (κ3) is 3.11. The zero-order valence-corrected chi connectivity index (χ0v) is 11.1. The third-order valence-electron chi connectivity index (χ3n) is 3.02. The maximum atomic E-state index is 13.5. The molecule has 0 saturated carbocycles. The second-order valence-electron chi connectivity index (χ2n) is 4.48. The zero-order valence-electron chi connectivity index (χ0n) is 10.2. The zero-order chi connectivity index (χ0) is 14.9. The molecule has 1 aliphatic rings. The van der Waals surface area contributed by atoms with Gasteiger partial charge < -0.3 is 10.4 Å². The Balaban J connectivity index is 2.28. The first-order valence-electron chi connectivity index (χ1n) is 5.87. The molecule has 1 aliphatic heterocycles. The number of halogens is 3. The van der Waals surface area contributed by atoms with Crippen molar-refractivity contribution in [1.82, 2.24) is 10.0 Å². The summed E-state index contributed by atoms with van der Waals surface area (Å²) in [6.45, 7) is 0.665. The highest BCUT2D eigenvalue weighted by Gasteiger charge is 2.30. The van der Waals surface area contributed by atoms with Crippen molar-refractivity contribution in [3.8, 4) is 0 Å². The fourth-order valence-corrected chi connectivity index (χ4v) is 3.33. The molecule has 112 valence electrons. The van der Waals surface area contributed by atoms with Crippen LogP contribution in [0.4, 0.5) is 13.2 Å². The summed E-state index contributed by atoms with van der Waals surface area (Å²) in [7, 11) is -4.38. The van der Waals surface area contributed by atoms with Crippen LogP contribution in [0, 0.1) is 17.5 Å². The summed E-state index contributed by atoms with van der Waals surface area (Å²) in [5, 5.41) is 12.5. The molecule has 2 rings (SSSR count). The fourth-order valence-electron chi connectivity index (χ4n) is 1.95. The molecule has 0 amide bonds. The van der Waals surface area contributed by atoms with Gasteiger partial charge in [-0.1, -0.05) is 0 Å². The van der Waals surface area contributed by atoms with Gasteiger partial charge in [0, 0.05) is 12.6 Å². The van der Waals surface area contributed by atoms with Crippen LogP contribution in [-0.4, -0.2) is 38.8 Å². The van der Waals surface area contributed by atoms with Crippen LogP contribution >= 0.6 is 0 Å². The normalized spacial score (nSPS) is 23.8. The second kappa shape index (κ2) is 5.68. The Morgan fingerprint density at radius 1 is 1.20 bits per heavy atom. The van der Waals surface area contributed by atoms with Gasteiger partial charge in [-0.25, -0.2) is 26.3 Å². The molecular formula is C11H13F3N2O3S. The first-order chi connectivity index (χ1) is 9.31. The van der Waals surface area contributed by atoms with E-state index in [-0.39, 0.29) is 18.7 Å². The highest BCUT2D eigenvalue weighted by Crippen LogP contribution is 2.19. The van der Waals surface area contributed by atoms with Gasteiger partial charge in [-0.05, 0) is 19.0 Å². The highest BCUT2D eigenvalue weighted by atomic mass is 32.2. The standard InChI is InChI=1S/C11H13F3N2O3S/c12-6-3-8(14)11(4-7(6)13)20(18,19)16-9-1-2-15-5-10(9)17/h3-4,9-10,15-17H,1-2,5H2/t9-,10-/m1/s1. The average Bonchev–Trinajstić information content (AvgIpc) is 2.36. The number of sulfonamides is 1. The molecule has 1 fully saturated rings. The SMILES string of the molecule is O=S(=O)(N[C@@H]1CCNC[C@H]1O)c1cc(F)c(F)cc1F. The lowest BCUT2D eigenvalue weighted by atomic mass is 10.1. The predicted molar refractivity (Wildman–Crippen MR) is 63.9 cm³/mol. The van der Waals surface area contributed by atoms with E-state index in [4.69, 9.17) is 0 Å². The quantitative estimate of drug-likeness (QED) is 0.692. The van der Waals surface area contributed by atoms with E-state index in [0.29, 0.717) is 13.0 Å². The molecule has 0 radical (unpaired) electrons. The molecule has 0 spiro atoms. The molecule has 20 heavy (non-hydrogen) atoms. The molecule has 0 bridgehead atoms. The Bertz CT molecular complexity index is 609. The van der Waals surface area contributed by atoms with Crippen LogP contribution in [0.15, 0.2) is 17.0 Å². The molecule has 1 heterocycles. The number of hydrogen-bond donors (Lipinski definition) is 3. The van der Waals surface area contributed by atoms with Crippen molar-refractivity contribution in [2.24, 2.45) is 0 Å². The van der Waals surface area contributed by atoms with Crippen LogP contribution in [0.3, 0.4) is 0 Å². The molecular weight excluding hydrogens is 297 g/mol. The van der Waals surface area contributed by atoms with Gasteiger partial charge in [0.25, 0.3) is 0 Å². The minimum atomic E-state index is -4.38. The van der Waals surface area contributed by atoms with Gasteiger partial charge in [-0.15, -0.1) is 0 Å². The van der Waals surface area contributed by atoms with Gasteiger partial charge in [-0.2, -0.15) is 0 Å². The van der Waals surface area contributed by atoms with Gasteiger partial charge in [0.1, 0.15) is 10.7 Å². The summed E-state index contributed by atoms with van der Waals surface area (Å²) in [5.74, 6) is -4.32.